The van der Waals surface area contributed by atoms with E-state index in [0.717, 1.165) is 24.0 Å². The standard InChI is InChI=1S/C26H35N3O4/c1-5-18(6-2)15-22(30)21(14-19-10-8-7-9-11-19)28-26(27)29-25(31)17-20-12-13-23(32-3)24(16-20)33-4/h7-13,16,18,21H,5-6,14-15,17H2,1-4H3,(H3,27,28,29,31)/t21-/m1/s1. The molecule has 1 atom stereocenters. The lowest BCUT2D eigenvalue weighted by atomic mass is 9.92. The summed E-state index contributed by atoms with van der Waals surface area (Å²) in [6, 6.07) is 14.3. The van der Waals surface area contributed by atoms with Crippen molar-refractivity contribution in [2.45, 2.75) is 52.0 Å². The lowest BCUT2D eigenvalue weighted by molar-refractivity contribution is -0.121. The Morgan fingerprint density at radius 1 is 0.970 bits per heavy atom. The normalized spacial score (nSPS) is 12.3. The summed E-state index contributed by atoms with van der Waals surface area (Å²) in [5, 5.41) is 2.61. The van der Waals surface area contributed by atoms with Crippen molar-refractivity contribution in [3.63, 3.8) is 0 Å². The molecule has 0 aliphatic heterocycles. The Balaban J connectivity index is 2.12. The van der Waals surface area contributed by atoms with E-state index in [1.54, 1.807) is 25.3 Å². The van der Waals surface area contributed by atoms with Crippen LogP contribution in [-0.2, 0) is 22.4 Å². The van der Waals surface area contributed by atoms with E-state index in [0.29, 0.717) is 30.3 Å². The minimum absolute atomic E-state index is 0.0321. The number of carbonyl (C=O) groups is 2. The Labute approximate surface area is 196 Å². The highest BCUT2D eigenvalue weighted by molar-refractivity contribution is 5.98. The number of ether oxygens (including phenoxy) is 2. The zero-order valence-corrected chi connectivity index (χ0v) is 20.0. The van der Waals surface area contributed by atoms with Gasteiger partial charge in [-0.25, -0.2) is 4.99 Å². The molecule has 7 nitrogen and oxygen atoms in total. The number of hydrogen-bond donors (Lipinski definition) is 2. The van der Waals surface area contributed by atoms with Gasteiger partial charge in [0, 0.05) is 12.8 Å². The molecule has 0 fully saturated rings. The number of benzene rings is 2. The minimum atomic E-state index is -0.644. The van der Waals surface area contributed by atoms with Crippen LogP contribution in [0.25, 0.3) is 0 Å². The van der Waals surface area contributed by atoms with Crippen molar-refractivity contribution in [2.24, 2.45) is 16.6 Å². The number of nitrogens with zero attached hydrogens (tertiary/aromatic N) is 1. The van der Waals surface area contributed by atoms with E-state index in [2.05, 4.69) is 24.2 Å². The number of hydrogen-bond acceptors (Lipinski definition) is 5. The average molecular weight is 454 g/mol. The highest BCUT2D eigenvalue weighted by Gasteiger charge is 2.22. The van der Waals surface area contributed by atoms with Crippen LogP contribution < -0.4 is 20.5 Å². The van der Waals surface area contributed by atoms with Crippen molar-refractivity contribution < 1.29 is 19.1 Å². The summed E-state index contributed by atoms with van der Waals surface area (Å²) in [5.74, 6) is 1.09. The molecule has 0 saturated carbocycles. The topological polar surface area (TPSA) is 103 Å². The maximum atomic E-state index is 13.0. The lowest BCUT2D eigenvalue weighted by Gasteiger charge is -2.17. The van der Waals surface area contributed by atoms with Crippen LogP contribution in [0.4, 0.5) is 0 Å². The highest BCUT2D eigenvalue weighted by atomic mass is 16.5. The number of Topliss-reactive ketones (excluding diaryl/α,β-unsaturated/α-hetero) is 1. The lowest BCUT2D eigenvalue weighted by Crippen LogP contribution is -2.40. The number of guanidine groups is 1. The SMILES string of the molecule is CCC(CC)CC(=O)[C@@H](Cc1ccccc1)N=C(N)NC(=O)Cc1ccc(OC)c(OC)c1. The van der Waals surface area contributed by atoms with Crippen LogP contribution in [0.3, 0.4) is 0 Å². The molecule has 178 valence electrons. The summed E-state index contributed by atoms with van der Waals surface area (Å²) in [6.07, 6.45) is 2.83. The fourth-order valence-electron chi connectivity index (χ4n) is 3.63. The number of carbonyl (C=O) groups excluding carboxylic acids is 2. The number of ketones is 1. The smallest absolute Gasteiger partial charge is 0.231 e. The van der Waals surface area contributed by atoms with Crippen LogP contribution in [0.5, 0.6) is 11.5 Å². The second-order valence-corrected chi connectivity index (χ2v) is 7.99. The molecule has 0 bridgehead atoms. The van der Waals surface area contributed by atoms with Crippen LogP contribution in [0.2, 0.25) is 0 Å². The quantitative estimate of drug-likeness (QED) is 0.377. The summed E-state index contributed by atoms with van der Waals surface area (Å²) in [7, 11) is 3.09. The predicted octanol–water partition coefficient (Wildman–Crippen LogP) is 3.68. The Hall–Kier alpha value is -3.35. The summed E-state index contributed by atoms with van der Waals surface area (Å²) >= 11 is 0. The Morgan fingerprint density at radius 2 is 1.64 bits per heavy atom. The van der Waals surface area contributed by atoms with Crippen molar-refractivity contribution >= 4 is 17.6 Å². The van der Waals surface area contributed by atoms with E-state index in [1.165, 1.54) is 7.11 Å². The van der Waals surface area contributed by atoms with E-state index < -0.39 is 6.04 Å². The number of aliphatic imine (C=N–C) groups is 1. The third kappa shape index (κ3) is 8.25. The molecule has 0 heterocycles. The number of nitrogens with two attached hydrogens (primary N) is 1. The van der Waals surface area contributed by atoms with Crippen LogP contribution in [0.1, 0.15) is 44.2 Å². The monoisotopic (exact) mass is 453 g/mol. The summed E-state index contributed by atoms with van der Waals surface area (Å²) in [5.41, 5.74) is 7.77. The van der Waals surface area contributed by atoms with Gasteiger partial charge in [0.05, 0.1) is 20.6 Å². The van der Waals surface area contributed by atoms with Gasteiger partial charge >= 0.3 is 0 Å². The number of amides is 1. The Bertz CT molecular complexity index is 940. The molecule has 7 heteroatoms. The van der Waals surface area contributed by atoms with Crippen molar-refractivity contribution in [1.29, 1.82) is 0 Å². The van der Waals surface area contributed by atoms with Gasteiger partial charge in [0.1, 0.15) is 6.04 Å². The first-order chi connectivity index (χ1) is 15.9. The van der Waals surface area contributed by atoms with Crippen molar-refractivity contribution in [1.82, 2.24) is 5.32 Å². The Morgan fingerprint density at radius 3 is 2.24 bits per heavy atom. The van der Waals surface area contributed by atoms with E-state index in [4.69, 9.17) is 15.2 Å². The van der Waals surface area contributed by atoms with E-state index in [9.17, 15) is 9.59 Å². The molecule has 0 saturated heterocycles. The van der Waals surface area contributed by atoms with Gasteiger partial charge in [0.25, 0.3) is 0 Å². The number of methoxy groups -OCH3 is 2. The van der Waals surface area contributed by atoms with Gasteiger partial charge in [-0.2, -0.15) is 0 Å². The van der Waals surface area contributed by atoms with Gasteiger partial charge in [0.15, 0.2) is 23.2 Å². The molecule has 2 aromatic carbocycles. The highest BCUT2D eigenvalue weighted by Crippen LogP contribution is 2.27. The van der Waals surface area contributed by atoms with Gasteiger partial charge in [-0.3, -0.25) is 14.9 Å². The van der Waals surface area contributed by atoms with Crippen LogP contribution in [0, 0.1) is 5.92 Å². The molecule has 33 heavy (non-hydrogen) atoms. The molecule has 0 spiro atoms. The van der Waals surface area contributed by atoms with Gasteiger partial charge in [-0.1, -0.05) is 63.1 Å². The molecule has 0 unspecified atom stereocenters. The molecule has 0 aromatic heterocycles. The Kier molecular flexibility index (Phi) is 10.4. The zero-order valence-electron chi connectivity index (χ0n) is 20.0. The number of rotatable bonds is 12. The second-order valence-electron chi connectivity index (χ2n) is 7.99. The van der Waals surface area contributed by atoms with Crippen molar-refractivity contribution in [3.05, 3.63) is 59.7 Å². The molecule has 3 N–H and O–H groups in total. The fraction of sp³-hybridized carbons (Fsp3) is 0.423. The molecule has 0 aliphatic rings. The summed E-state index contributed by atoms with van der Waals surface area (Å²) < 4.78 is 10.5. The van der Waals surface area contributed by atoms with Crippen molar-refractivity contribution in [2.75, 3.05) is 14.2 Å². The van der Waals surface area contributed by atoms with Crippen molar-refractivity contribution in [3.8, 4) is 11.5 Å². The summed E-state index contributed by atoms with van der Waals surface area (Å²) in [4.78, 5) is 30.0. The van der Waals surface area contributed by atoms with Crippen LogP contribution in [-0.4, -0.2) is 37.9 Å². The molecular formula is C26H35N3O4. The molecule has 2 aromatic rings. The van der Waals surface area contributed by atoms with Gasteiger partial charge < -0.3 is 15.2 Å². The van der Waals surface area contributed by atoms with Gasteiger partial charge in [-0.05, 0) is 29.2 Å². The third-order valence-corrected chi connectivity index (χ3v) is 5.66. The summed E-state index contributed by atoms with van der Waals surface area (Å²) in [6.45, 7) is 4.17. The van der Waals surface area contributed by atoms with Crippen LogP contribution in [0.15, 0.2) is 53.5 Å². The van der Waals surface area contributed by atoms with E-state index >= 15 is 0 Å². The van der Waals surface area contributed by atoms with Gasteiger partial charge in [-0.15, -0.1) is 0 Å². The number of nitrogens with one attached hydrogen (secondary N) is 1. The fourth-order valence-corrected chi connectivity index (χ4v) is 3.63. The van der Waals surface area contributed by atoms with E-state index in [-0.39, 0.29) is 24.1 Å². The zero-order chi connectivity index (χ0) is 24.2. The first-order valence-electron chi connectivity index (χ1n) is 11.3. The average Bonchev–Trinajstić information content (AvgIpc) is 2.82. The maximum absolute atomic E-state index is 13.0. The maximum Gasteiger partial charge on any atom is 0.231 e. The molecule has 2 rings (SSSR count). The first-order valence-corrected chi connectivity index (χ1v) is 11.3. The van der Waals surface area contributed by atoms with Gasteiger partial charge in [0.2, 0.25) is 5.91 Å². The first kappa shape index (κ1) is 25.9. The van der Waals surface area contributed by atoms with E-state index in [1.807, 2.05) is 30.3 Å². The molecule has 0 radical (unpaired) electrons. The third-order valence-electron chi connectivity index (χ3n) is 5.66. The second kappa shape index (κ2) is 13.3. The predicted molar refractivity (Wildman–Crippen MR) is 131 cm³/mol. The van der Waals surface area contributed by atoms with Crippen LogP contribution >= 0.6 is 0 Å². The minimum Gasteiger partial charge on any atom is -0.493 e. The largest absolute Gasteiger partial charge is 0.493 e. The molecule has 1 amide bonds. The molecule has 0 aliphatic carbocycles. The molecular weight excluding hydrogens is 418 g/mol.